The Hall–Kier alpha value is -3.84. The molecular formula is C24H19ClN2O5. The predicted octanol–water partition coefficient (Wildman–Crippen LogP) is 4.88. The summed E-state index contributed by atoms with van der Waals surface area (Å²) >= 11 is 6.01. The predicted molar refractivity (Wildman–Crippen MR) is 122 cm³/mol. The largest absolute Gasteiger partial charge is 0.465 e. The van der Waals surface area contributed by atoms with Gasteiger partial charge in [-0.3, -0.25) is 4.79 Å². The normalized spacial score (nSPS) is 10.9. The van der Waals surface area contributed by atoms with Gasteiger partial charge in [-0.2, -0.15) is 0 Å². The molecule has 1 amide bonds. The van der Waals surface area contributed by atoms with E-state index in [0.717, 1.165) is 10.9 Å². The monoisotopic (exact) mass is 450 g/mol. The first-order valence-electron chi connectivity index (χ1n) is 9.67. The maximum Gasteiger partial charge on any atom is 0.341 e. The third-order valence-corrected chi connectivity index (χ3v) is 5.49. The van der Waals surface area contributed by atoms with Crippen LogP contribution in [0.1, 0.15) is 36.8 Å². The summed E-state index contributed by atoms with van der Waals surface area (Å²) in [4.78, 5) is 39.1. The number of methoxy groups -OCH3 is 2. The number of rotatable bonds is 4. The Balaban J connectivity index is 2.04. The Bertz CT molecular complexity index is 1410. The van der Waals surface area contributed by atoms with Gasteiger partial charge in [0.05, 0.1) is 19.7 Å². The molecular weight excluding hydrogens is 432 g/mol. The van der Waals surface area contributed by atoms with Crippen molar-refractivity contribution >= 4 is 51.4 Å². The van der Waals surface area contributed by atoms with E-state index < -0.39 is 17.8 Å². The number of esters is 2. The van der Waals surface area contributed by atoms with E-state index in [9.17, 15) is 14.4 Å². The van der Waals surface area contributed by atoms with Crippen molar-refractivity contribution in [1.29, 1.82) is 0 Å². The minimum atomic E-state index is -0.823. The molecule has 2 aromatic heterocycles. The van der Waals surface area contributed by atoms with Crippen LogP contribution in [0.25, 0.3) is 16.3 Å². The van der Waals surface area contributed by atoms with Crippen LogP contribution in [0.3, 0.4) is 0 Å². The average molecular weight is 451 g/mol. The highest BCUT2D eigenvalue weighted by atomic mass is 35.5. The molecule has 8 heteroatoms. The van der Waals surface area contributed by atoms with Crippen LogP contribution >= 0.6 is 11.6 Å². The molecule has 0 saturated heterocycles. The maximum atomic E-state index is 13.4. The van der Waals surface area contributed by atoms with Crippen molar-refractivity contribution in [3.63, 3.8) is 0 Å². The fraction of sp³-hybridized carbons (Fsp3) is 0.125. The van der Waals surface area contributed by atoms with E-state index in [0.29, 0.717) is 21.6 Å². The van der Waals surface area contributed by atoms with Gasteiger partial charge >= 0.3 is 11.9 Å². The molecule has 1 N–H and O–H groups in total. The lowest BCUT2D eigenvalue weighted by Gasteiger charge is -2.10. The second-order valence-electron chi connectivity index (χ2n) is 7.12. The average Bonchev–Trinajstić information content (AvgIpc) is 3.15. The van der Waals surface area contributed by atoms with Crippen LogP contribution in [0.15, 0.2) is 54.7 Å². The highest BCUT2D eigenvalue weighted by molar-refractivity contribution is 6.30. The summed E-state index contributed by atoms with van der Waals surface area (Å²) in [7, 11) is 2.41. The van der Waals surface area contributed by atoms with E-state index in [-0.39, 0.29) is 16.8 Å². The number of halogens is 1. The summed E-state index contributed by atoms with van der Waals surface area (Å²) in [6, 6.07) is 14.2. The van der Waals surface area contributed by atoms with Gasteiger partial charge in [-0.1, -0.05) is 35.9 Å². The van der Waals surface area contributed by atoms with Gasteiger partial charge in [0.25, 0.3) is 5.91 Å². The molecule has 2 heterocycles. The Morgan fingerprint density at radius 2 is 1.62 bits per heavy atom. The van der Waals surface area contributed by atoms with Crippen molar-refractivity contribution < 1.29 is 23.9 Å². The Labute approximate surface area is 188 Å². The summed E-state index contributed by atoms with van der Waals surface area (Å²) in [6.07, 6.45) is 1.64. The molecule has 4 aromatic rings. The third kappa shape index (κ3) is 3.46. The van der Waals surface area contributed by atoms with Gasteiger partial charge in [0.1, 0.15) is 16.8 Å². The van der Waals surface area contributed by atoms with Gasteiger partial charge in [-0.25, -0.2) is 9.59 Å². The zero-order valence-electron chi connectivity index (χ0n) is 17.6. The molecule has 0 unspecified atom stereocenters. The molecule has 0 aliphatic carbocycles. The molecule has 0 atom stereocenters. The standard InChI is InChI=1S/C24H19ClN2O5/c1-13-12-15(25)8-9-17(13)26-22(28)21-19(24(30)32-3)18(23(29)31-2)20-16-7-5-4-6-14(16)10-11-27(20)21/h4-12H,1-3H3,(H,26,28). The number of nitrogens with one attached hydrogen (secondary N) is 1. The molecule has 0 aliphatic rings. The molecule has 162 valence electrons. The number of carbonyl (C=O) groups is 3. The van der Waals surface area contributed by atoms with Crippen LogP contribution in [0.2, 0.25) is 5.02 Å². The number of anilines is 1. The van der Waals surface area contributed by atoms with Gasteiger partial charge in [0, 0.05) is 22.3 Å². The van der Waals surface area contributed by atoms with Crippen molar-refractivity contribution in [3.05, 3.63) is 82.1 Å². The van der Waals surface area contributed by atoms with Crippen LogP contribution in [0, 0.1) is 6.92 Å². The number of hydrogen-bond acceptors (Lipinski definition) is 5. The number of benzene rings is 2. The van der Waals surface area contributed by atoms with Crippen LogP contribution in [0.5, 0.6) is 0 Å². The number of aromatic nitrogens is 1. The number of pyridine rings is 1. The molecule has 0 radical (unpaired) electrons. The molecule has 0 bridgehead atoms. The molecule has 0 saturated carbocycles. The molecule has 0 spiro atoms. The quantitative estimate of drug-likeness (QED) is 0.448. The topological polar surface area (TPSA) is 86.1 Å². The number of hydrogen-bond donors (Lipinski definition) is 1. The molecule has 0 aliphatic heterocycles. The fourth-order valence-electron chi connectivity index (χ4n) is 3.79. The first-order valence-corrected chi connectivity index (χ1v) is 10.0. The van der Waals surface area contributed by atoms with Crippen LogP contribution in [-0.4, -0.2) is 36.5 Å². The SMILES string of the molecule is COC(=O)c1c(C(=O)OC)c2c3ccccc3ccn2c1C(=O)Nc1ccc(Cl)cc1C. The van der Waals surface area contributed by atoms with E-state index in [2.05, 4.69) is 5.32 Å². The number of amides is 1. The van der Waals surface area contributed by atoms with Crippen LogP contribution in [-0.2, 0) is 9.47 Å². The molecule has 0 fully saturated rings. The zero-order valence-corrected chi connectivity index (χ0v) is 18.3. The zero-order chi connectivity index (χ0) is 23.0. The highest BCUT2D eigenvalue weighted by Crippen LogP contribution is 2.32. The Morgan fingerprint density at radius 3 is 2.31 bits per heavy atom. The number of ether oxygens (including phenoxy) is 2. The van der Waals surface area contributed by atoms with E-state index in [1.165, 1.54) is 18.6 Å². The fourth-order valence-corrected chi connectivity index (χ4v) is 4.02. The van der Waals surface area contributed by atoms with Gasteiger partial charge in [0.15, 0.2) is 0 Å². The third-order valence-electron chi connectivity index (χ3n) is 5.26. The van der Waals surface area contributed by atoms with Crippen molar-refractivity contribution in [3.8, 4) is 0 Å². The van der Waals surface area contributed by atoms with E-state index in [1.54, 1.807) is 37.4 Å². The minimum Gasteiger partial charge on any atom is -0.465 e. The summed E-state index contributed by atoms with van der Waals surface area (Å²) in [6.45, 7) is 1.80. The lowest BCUT2D eigenvalue weighted by atomic mass is 10.1. The summed E-state index contributed by atoms with van der Waals surface area (Å²) < 4.78 is 11.4. The maximum absolute atomic E-state index is 13.4. The minimum absolute atomic E-state index is 0.0332. The van der Waals surface area contributed by atoms with Crippen LogP contribution in [0.4, 0.5) is 5.69 Å². The lowest BCUT2D eigenvalue weighted by molar-refractivity contribution is 0.0556. The van der Waals surface area contributed by atoms with E-state index in [4.69, 9.17) is 21.1 Å². The van der Waals surface area contributed by atoms with Crippen molar-refractivity contribution in [2.45, 2.75) is 6.92 Å². The second-order valence-corrected chi connectivity index (χ2v) is 7.55. The van der Waals surface area contributed by atoms with Crippen molar-refractivity contribution in [2.75, 3.05) is 19.5 Å². The van der Waals surface area contributed by atoms with Crippen molar-refractivity contribution in [2.24, 2.45) is 0 Å². The lowest BCUT2D eigenvalue weighted by Crippen LogP contribution is -2.20. The Kier molecular flexibility index (Phi) is 5.59. The first-order chi connectivity index (χ1) is 15.4. The van der Waals surface area contributed by atoms with Crippen LogP contribution < -0.4 is 5.32 Å². The Morgan fingerprint density at radius 1 is 0.938 bits per heavy atom. The number of nitrogens with zero attached hydrogens (tertiary/aromatic N) is 1. The van der Waals surface area contributed by atoms with Gasteiger partial charge in [-0.15, -0.1) is 0 Å². The van der Waals surface area contributed by atoms with E-state index >= 15 is 0 Å². The molecule has 2 aromatic carbocycles. The number of carbonyl (C=O) groups excluding carboxylic acids is 3. The molecule has 32 heavy (non-hydrogen) atoms. The first kappa shape index (κ1) is 21.4. The number of aryl methyl sites for hydroxylation is 1. The summed E-state index contributed by atoms with van der Waals surface area (Å²) in [5.74, 6) is -2.16. The molecule has 7 nitrogen and oxygen atoms in total. The summed E-state index contributed by atoms with van der Waals surface area (Å²) in [5.41, 5.74) is 1.41. The van der Waals surface area contributed by atoms with Gasteiger partial charge in [-0.05, 0) is 42.1 Å². The number of fused-ring (bicyclic) bond motifs is 3. The molecule has 4 rings (SSSR count). The highest BCUT2D eigenvalue weighted by Gasteiger charge is 2.33. The van der Waals surface area contributed by atoms with Gasteiger partial charge in [0.2, 0.25) is 0 Å². The smallest absolute Gasteiger partial charge is 0.341 e. The van der Waals surface area contributed by atoms with Crippen molar-refractivity contribution in [1.82, 2.24) is 4.40 Å². The van der Waals surface area contributed by atoms with Gasteiger partial charge < -0.3 is 19.2 Å². The second kappa shape index (κ2) is 8.36. The summed E-state index contributed by atoms with van der Waals surface area (Å²) in [5, 5.41) is 4.85. The van der Waals surface area contributed by atoms with E-state index in [1.807, 2.05) is 24.3 Å².